The second-order valence-corrected chi connectivity index (χ2v) is 8.19. The highest BCUT2D eigenvalue weighted by Crippen LogP contribution is 2.30. The number of aryl methyl sites for hydroxylation is 1. The molecule has 2 aliphatic rings. The lowest BCUT2D eigenvalue weighted by atomic mass is 10.1. The quantitative estimate of drug-likeness (QED) is 0.503. The lowest BCUT2D eigenvalue weighted by Crippen LogP contribution is -2.43. The number of nitrogens with zero attached hydrogens (tertiary/aromatic N) is 2. The fourth-order valence-corrected chi connectivity index (χ4v) is 3.39. The van der Waals surface area contributed by atoms with Crippen LogP contribution in [0.3, 0.4) is 0 Å². The Kier molecular flexibility index (Phi) is 7.98. The summed E-state index contributed by atoms with van der Waals surface area (Å²) in [7, 11) is 1.82. The Morgan fingerprint density at radius 3 is 2.79 bits per heavy atom. The number of nitrogens with one attached hydrogen (secondary N) is 2. The highest BCUT2D eigenvalue weighted by atomic mass is 16.5. The van der Waals surface area contributed by atoms with Gasteiger partial charge < -0.3 is 20.1 Å². The standard InChI is InChI=1S/C22H36N4O2/c1-17-4-7-20(21(12-17)28-16-19-5-6-19)14-25-22(23-3)24-13-18(2)15-26-8-10-27-11-9-26/h4,7,12,18-19H,5-6,8-11,13-16H2,1-3H3,(H2,23,24,25). The maximum atomic E-state index is 6.07. The fourth-order valence-electron chi connectivity index (χ4n) is 3.39. The van der Waals surface area contributed by atoms with Crippen molar-refractivity contribution in [3.63, 3.8) is 0 Å². The molecule has 1 atom stereocenters. The second kappa shape index (κ2) is 10.7. The summed E-state index contributed by atoms with van der Waals surface area (Å²) in [5, 5.41) is 6.89. The summed E-state index contributed by atoms with van der Waals surface area (Å²) in [4.78, 5) is 6.85. The van der Waals surface area contributed by atoms with Gasteiger partial charge in [-0.05, 0) is 43.2 Å². The third-order valence-electron chi connectivity index (χ3n) is 5.36. The Bertz CT molecular complexity index is 639. The average molecular weight is 389 g/mol. The Hall–Kier alpha value is -1.79. The number of benzene rings is 1. The van der Waals surface area contributed by atoms with Gasteiger partial charge in [0.25, 0.3) is 0 Å². The second-order valence-electron chi connectivity index (χ2n) is 8.19. The molecule has 2 N–H and O–H groups in total. The van der Waals surface area contributed by atoms with Gasteiger partial charge in [-0.2, -0.15) is 0 Å². The van der Waals surface area contributed by atoms with Gasteiger partial charge in [0, 0.05) is 45.3 Å². The Morgan fingerprint density at radius 1 is 1.29 bits per heavy atom. The maximum Gasteiger partial charge on any atom is 0.191 e. The predicted molar refractivity (Wildman–Crippen MR) is 114 cm³/mol. The van der Waals surface area contributed by atoms with E-state index in [2.05, 4.69) is 52.6 Å². The topological polar surface area (TPSA) is 58.1 Å². The van der Waals surface area contributed by atoms with Gasteiger partial charge in [-0.1, -0.05) is 19.1 Å². The van der Waals surface area contributed by atoms with Crippen molar-refractivity contribution in [1.82, 2.24) is 15.5 Å². The van der Waals surface area contributed by atoms with Gasteiger partial charge >= 0.3 is 0 Å². The summed E-state index contributed by atoms with van der Waals surface area (Å²) in [6.45, 7) is 11.7. The lowest BCUT2D eigenvalue weighted by molar-refractivity contribution is 0.0320. The van der Waals surface area contributed by atoms with Gasteiger partial charge in [-0.15, -0.1) is 0 Å². The van der Waals surface area contributed by atoms with Crippen LogP contribution in [0.4, 0.5) is 0 Å². The van der Waals surface area contributed by atoms with Gasteiger partial charge in [0.2, 0.25) is 0 Å². The minimum absolute atomic E-state index is 0.550. The molecule has 0 amide bonds. The van der Waals surface area contributed by atoms with Crippen LogP contribution in [0.25, 0.3) is 0 Å². The van der Waals surface area contributed by atoms with Crippen molar-refractivity contribution in [2.75, 3.05) is 53.0 Å². The molecule has 1 aliphatic carbocycles. The number of ether oxygens (including phenoxy) is 2. The lowest BCUT2D eigenvalue weighted by Gasteiger charge is -2.29. The number of aliphatic imine (C=N–C) groups is 1. The van der Waals surface area contributed by atoms with Crippen LogP contribution in [-0.2, 0) is 11.3 Å². The third-order valence-corrected chi connectivity index (χ3v) is 5.36. The molecule has 1 aromatic carbocycles. The largest absolute Gasteiger partial charge is 0.493 e. The van der Waals surface area contributed by atoms with Gasteiger partial charge in [0.15, 0.2) is 5.96 Å². The van der Waals surface area contributed by atoms with E-state index in [4.69, 9.17) is 9.47 Å². The minimum atomic E-state index is 0.550. The summed E-state index contributed by atoms with van der Waals surface area (Å²) in [5.41, 5.74) is 2.41. The van der Waals surface area contributed by atoms with Crippen molar-refractivity contribution in [3.05, 3.63) is 29.3 Å². The van der Waals surface area contributed by atoms with Gasteiger partial charge in [0.1, 0.15) is 5.75 Å². The normalized spacial score (nSPS) is 19.3. The molecule has 1 saturated carbocycles. The molecule has 0 radical (unpaired) electrons. The molecule has 6 heteroatoms. The predicted octanol–water partition coefficient (Wildman–Crippen LogP) is 2.42. The minimum Gasteiger partial charge on any atom is -0.493 e. The van der Waals surface area contributed by atoms with E-state index in [0.717, 1.165) is 63.6 Å². The number of hydrogen-bond donors (Lipinski definition) is 2. The monoisotopic (exact) mass is 388 g/mol. The number of guanidine groups is 1. The molecule has 3 rings (SSSR count). The molecule has 1 aliphatic heterocycles. The first-order valence-corrected chi connectivity index (χ1v) is 10.6. The number of rotatable bonds is 9. The summed E-state index contributed by atoms with van der Waals surface area (Å²) in [6, 6.07) is 6.43. The average Bonchev–Trinajstić information content (AvgIpc) is 3.53. The van der Waals surface area contributed by atoms with Gasteiger partial charge in [0.05, 0.1) is 19.8 Å². The fraction of sp³-hybridized carbons (Fsp3) is 0.682. The van der Waals surface area contributed by atoms with E-state index in [1.165, 1.54) is 24.0 Å². The summed E-state index contributed by atoms with van der Waals surface area (Å²) >= 11 is 0. The molecule has 6 nitrogen and oxygen atoms in total. The SMILES string of the molecule is CN=C(NCc1ccc(C)cc1OCC1CC1)NCC(C)CN1CCOCC1. The molecular weight excluding hydrogens is 352 g/mol. The molecule has 0 bridgehead atoms. The highest BCUT2D eigenvalue weighted by Gasteiger charge is 2.22. The third kappa shape index (κ3) is 6.99. The molecular formula is C22H36N4O2. The summed E-state index contributed by atoms with van der Waals surface area (Å²) in [5.74, 6) is 3.13. The molecule has 156 valence electrons. The zero-order chi connectivity index (χ0) is 19.8. The molecule has 2 fully saturated rings. The summed E-state index contributed by atoms with van der Waals surface area (Å²) in [6.07, 6.45) is 2.61. The first kappa shape index (κ1) is 20.9. The van der Waals surface area contributed by atoms with E-state index in [1.54, 1.807) is 0 Å². The number of morpholine rings is 1. The Balaban J connectivity index is 1.44. The molecule has 1 heterocycles. The number of hydrogen-bond acceptors (Lipinski definition) is 4. The molecule has 0 spiro atoms. The first-order valence-electron chi connectivity index (χ1n) is 10.6. The van der Waals surface area contributed by atoms with Crippen LogP contribution in [0.2, 0.25) is 0 Å². The van der Waals surface area contributed by atoms with Crippen LogP contribution >= 0.6 is 0 Å². The van der Waals surface area contributed by atoms with E-state index >= 15 is 0 Å². The van der Waals surface area contributed by atoms with E-state index in [-0.39, 0.29) is 0 Å². The Labute approximate surface area is 169 Å². The highest BCUT2D eigenvalue weighted by molar-refractivity contribution is 5.79. The molecule has 28 heavy (non-hydrogen) atoms. The van der Waals surface area contributed by atoms with Crippen LogP contribution in [0.15, 0.2) is 23.2 Å². The molecule has 1 unspecified atom stereocenters. The van der Waals surface area contributed by atoms with E-state index in [1.807, 2.05) is 7.05 Å². The molecule has 1 saturated heterocycles. The van der Waals surface area contributed by atoms with Crippen molar-refractivity contribution in [1.29, 1.82) is 0 Å². The van der Waals surface area contributed by atoms with Crippen LogP contribution in [0, 0.1) is 18.8 Å². The summed E-state index contributed by atoms with van der Waals surface area (Å²) < 4.78 is 11.5. The molecule has 0 aromatic heterocycles. The molecule has 1 aromatic rings. The van der Waals surface area contributed by atoms with Crippen molar-refractivity contribution in [3.8, 4) is 5.75 Å². The van der Waals surface area contributed by atoms with Crippen molar-refractivity contribution >= 4 is 5.96 Å². The van der Waals surface area contributed by atoms with E-state index in [9.17, 15) is 0 Å². The van der Waals surface area contributed by atoms with Crippen molar-refractivity contribution in [2.45, 2.75) is 33.2 Å². The van der Waals surface area contributed by atoms with Gasteiger partial charge in [-0.25, -0.2) is 0 Å². The van der Waals surface area contributed by atoms with E-state index < -0.39 is 0 Å². The van der Waals surface area contributed by atoms with Crippen LogP contribution in [0.5, 0.6) is 5.75 Å². The zero-order valence-electron chi connectivity index (χ0n) is 17.7. The van der Waals surface area contributed by atoms with Crippen LogP contribution < -0.4 is 15.4 Å². The van der Waals surface area contributed by atoms with Gasteiger partial charge in [-0.3, -0.25) is 9.89 Å². The maximum absolute atomic E-state index is 6.07. The van der Waals surface area contributed by atoms with E-state index in [0.29, 0.717) is 12.5 Å². The Morgan fingerprint density at radius 2 is 2.07 bits per heavy atom. The first-order chi connectivity index (χ1) is 13.6. The zero-order valence-corrected chi connectivity index (χ0v) is 17.7. The van der Waals surface area contributed by atoms with Crippen molar-refractivity contribution < 1.29 is 9.47 Å². The van der Waals surface area contributed by atoms with Crippen LogP contribution in [0.1, 0.15) is 30.9 Å². The smallest absolute Gasteiger partial charge is 0.191 e. The van der Waals surface area contributed by atoms with Crippen LogP contribution in [-0.4, -0.2) is 63.9 Å². The van der Waals surface area contributed by atoms with Crippen molar-refractivity contribution in [2.24, 2.45) is 16.8 Å².